The van der Waals surface area contributed by atoms with Crippen LogP contribution in [-0.4, -0.2) is 42.9 Å². The zero-order valence-electron chi connectivity index (χ0n) is 18.1. The SMILES string of the molecule is Cl.O=C(NCC12C[C@@H]3C[C@@H](CC(F)(C3)C1)C2)c1cc(CCCNCCCO)ccc1Cl. The molecular weight excluding hydrogens is 438 g/mol. The summed E-state index contributed by atoms with van der Waals surface area (Å²) in [6, 6.07) is 5.66. The topological polar surface area (TPSA) is 61.4 Å². The second-order valence-corrected chi connectivity index (χ2v) is 10.4. The number of halogens is 3. The van der Waals surface area contributed by atoms with Crippen molar-refractivity contribution in [2.75, 3.05) is 26.2 Å². The highest BCUT2D eigenvalue weighted by molar-refractivity contribution is 6.33. The lowest BCUT2D eigenvalue weighted by Crippen LogP contribution is -2.57. The molecule has 4 aliphatic carbocycles. The van der Waals surface area contributed by atoms with Crippen LogP contribution in [0.3, 0.4) is 0 Å². The van der Waals surface area contributed by atoms with E-state index in [1.165, 1.54) is 6.42 Å². The van der Waals surface area contributed by atoms with Gasteiger partial charge in [-0.25, -0.2) is 4.39 Å². The summed E-state index contributed by atoms with van der Waals surface area (Å²) in [6.07, 6.45) is 7.90. The van der Waals surface area contributed by atoms with Gasteiger partial charge in [-0.3, -0.25) is 4.79 Å². The van der Waals surface area contributed by atoms with Gasteiger partial charge in [-0.15, -0.1) is 12.4 Å². The third kappa shape index (κ3) is 5.93. The van der Waals surface area contributed by atoms with Crippen LogP contribution in [0.5, 0.6) is 0 Å². The number of carbonyl (C=O) groups excluding carboxylic acids is 1. The van der Waals surface area contributed by atoms with Crippen molar-refractivity contribution in [3.05, 3.63) is 34.3 Å². The molecule has 4 nitrogen and oxygen atoms in total. The largest absolute Gasteiger partial charge is 0.396 e. The molecule has 5 rings (SSSR count). The van der Waals surface area contributed by atoms with Crippen molar-refractivity contribution in [1.82, 2.24) is 10.6 Å². The summed E-state index contributed by atoms with van der Waals surface area (Å²) >= 11 is 6.33. The average Bonchev–Trinajstić information content (AvgIpc) is 2.68. The van der Waals surface area contributed by atoms with E-state index in [0.717, 1.165) is 63.6 Å². The molecule has 4 fully saturated rings. The first-order chi connectivity index (χ1) is 14.4. The van der Waals surface area contributed by atoms with Gasteiger partial charge in [0, 0.05) is 13.2 Å². The first-order valence-electron chi connectivity index (χ1n) is 11.5. The Morgan fingerprint density at radius 2 is 1.87 bits per heavy atom. The molecule has 4 aliphatic rings. The minimum atomic E-state index is -1.00. The third-order valence-corrected chi connectivity index (χ3v) is 7.67. The number of nitrogens with one attached hydrogen (secondary N) is 2. The van der Waals surface area contributed by atoms with Gasteiger partial charge in [0.15, 0.2) is 0 Å². The Morgan fingerprint density at radius 1 is 1.16 bits per heavy atom. The highest BCUT2D eigenvalue weighted by Crippen LogP contribution is 2.62. The molecule has 1 aromatic carbocycles. The standard InChI is InChI=1S/C24H34ClFN2O2.ClH/c25-21-5-4-17(3-1-6-27-7-2-8-29)10-20(21)22(30)28-16-23-11-18-9-19(12-23)14-24(26,13-18)15-23;/h4-5,10,18-19,27,29H,1-3,6-9,11-16H2,(H,28,30);1H/t18-,19+,23?,24?;. The summed E-state index contributed by atoms with van der Waals surface area (Å²) in [6.45, 7) is 2.45. The van der Waals surface area contributed by atoms with E-state index in [1.807, 2.05) is 12.1 Å². The van der Waals surface area contributed by atoms with Gasteiger partial charge in [-0.1, -0.05) is 17.7 Å². The number of aliphatic hydroxyl groups is 1. The number of carbonyl (C=O) groups is 1. The molecule has 3 N–H and O–H groups in total. The summed E-state index contributed by atoms with van der Waals surface area (Å²) < 4.78 is 15.2. The van der Waals surface area contributed by atoms with Crippen LogP contribution in [0.4, 0.5) is 4.39 Å². The van der Waals surface area contributed by atoms with Crippen LogP contribution in [0.2, 0.25) is 5.02 Å². The van der Waals surface area contributed by atoms with Crippen LogP contribution >= 0.6 is 24.0 Å². The Bertz CT molecular complexity index is 762. The lowest BCUT2D eigenvalue weighted by atomic mass is 9.48. The fourth-order valence-corrected chi connectivity index (χ4v) is 6.76. The molecule has 1 aromatic rings. The highest BCUT2D eigenvalue weighted by atomic mass is 35.5. The van der Waals surface area contributed by atoms with Crippen LogP contribution in [-0.2, 0) is 6.42 Å². The van der Waals surface area contributed by atoms with E-state index in [0.29, 0.717) is 35.4 Å². The van der Waals surface area contributed by atoms with E-state index in [-0.39, 0.29) is 30.3 Å². The van der Waals surface area contributed by atoms with Crippen LogP contribution in [0.25, 0.3) is 0 Å². The fraction of sp³-hybridized carbons (Fsp3) is 0.708. The van der Waals surface area contributed by atoms with Crippen LogP contribution < -0.4 is 10.6 Å². The number of hydrogen-bond acceptors (Lipinski definition) is 3. The summed E-state index contributed by atoms with van der Waals surface area (Å²) in [5.74, 6) is 0.837. The van der Waals surface area contributed by atoms with Crippen molar-refractivity contribution >= 4 is 29.9 Å². The molecule has 0 radical (unpaired) electrons. The van der Waals surface area contributed by atoms with E-state index in [9.17, 15) is 4.79 Å². The van der Waals surface area contributed by atoms with E-state index in [2.05, 4.69) is 10.6 Å². The Kier molecular flexibility index (Phi) is 8.28. The van der Waals surface area contributed by atoms with Crippen molar-refractivity contribution in [2.45, 2.75) is 63.5 Å². The van der Waals surface area contributed by atoms with Crippen LogP contribution in [0, 0.1) is 17.3 Å². The van der Waals surface area contributed by atoms with Crippen molar-refractivity contribution in [3.8, 4) is 0 Å². The maximum absolute atomic E-state index is 15.2. The first kappa shape index (κ1) is 24.8. The van der Waals surface area contributed by atoms with Crippen molar-refractivity contribution in [2.24, 2.45) is 17.3 Å². The Labute approximate surface area is 196 Å². The molecule has 1 amide bonds. The highest BCUT2D eigenvalue weighted by Gasteiger charge is 2.58. The van der Waals surface area contributed by atoms with Crippen molar-refractivity contribution in [3.63, 3.8) is 0 Å². The molecule has 0 saturated heterocycles. The molecule has 174 valence electrons. The number of alkyl halides is 1. The smallest absolute Gasteiger partial charge is 0.252 e. The average molecular weight is 473 g/mol. The van der Waals surface area contributed by atoms with Crippen molar-refractivity contribution in [1.29, 1.82) is 0 Å². The molecule has 4 atom stereocenters. The molecule has 0 spiro atoms. The molecule has 0 aromatic heterocycles. The monoisotopic (exact) mass is 472 g/mol. The first-order valence-corrected chi connectivity index (χ1v) is 11.9. The van der Waals surface area contributed by atoms with Crippen LogP contribution in [0.1, 0.15) is 67.3 Å². The normalized spacial score (nSPS) is 30.8. The Hall–Kier alpha value is -0.880. The summed E-state index contributed by atoms with van der Waals surface area (Å²) in [4.78, 5) is 12.9. The number of aryl methyl sites for hydroxylation is 1. The molecular formula is C24H35Cl2FN2O2. The van der Waals surface area contributed by atoms with E-state index >= 15 is 4.39 Å². The van der Waals surface area contributed by atoms with Gasteiger partial charge in [-0.2, -0.15) is 0 Å². The number of benzene rings is 1. The maximum Gasteiger partial charge on any atom is 0.252 e. The summed E-state index contributed by atoms with van der Waals surface area (Å²) in [5.41, 5.74) is 0.532. The lowest BCUT2D eigenvalue weighted by molar-refractivity contribution is -0.121. The van der Waals surface area contributed by atoms with Gasteiger partial charge in [-0.05, 0) is 106 Å². The summed E-state index contributed by atoms with van der Waals surface area (Å²) in [7, 11) is 0. The molecule has 0 aliphatic heterocycles. The van der Waals surface area contributed by atoms with Gasteiger partial charge >= 0.3 is 0 Å². The van der Waals surface area contributed by atoms with Crippen molar-refractivity contribution < 1.29 is 14.3 Å². The third-order valence-electron chi connectivity index (χ3n) is 7.34. The second-order valence-electron chi connectivity index (χ2n) is 10.0. The zero-order chi connectivity index (χ0) is 21.2. The Balaban J connectivity index is 0.00000272. The van der Waals surface area contributed by atoms with Gasteiger partial charge in [0.2, 0.25) is 0 Å². The number of hydrogen-bond donors (Lipinski definition) is 3. The minimum Gasteiger partial charge on any atom is -0.396 e. The molecule has 31 heavy (non-hydrogen) atoms. The molecule has 7 heteroatoms. The Morgan fingerprint density at radius 3 is 2.55 bits per heavy atom. The van der Waals surface area contributed by atoms with E-state index in [4.69, 9.17) is 16.7 Å². The quantitative estimate of drug-likeness (QED) is 0.432. The predicted molar refractivity (Wildman–Crippen MR) is 125 cm³/mol. The zero-order valence-corrected chi connectivity index (χ0v) is 19.7. The van der Waals surface area contributed by atoms with Gasteiger partial charge in [0.05, 0.1) is 10.6 Å². The maximum atomic E-state index is 15.2. The molecule has 2 unspecified atom stereocenters. The predicted octanol–water partition coefficient (Wildman–Crippen LogP) is 4.70. The molecule has 4 saturated carbocycles. The number of rotatable bonds is 10. The van der Waals surface area contributed by atoms with Gasteiger partial charge in [0.1, 0.15) is 5.67 Å². The van der Waals surface area contributed by atoms with Gasteiger partial charge in [0.25, 0.3) is 5.91 Å². The van der Waals surface area contributed by atoms with E-state index in [1.54, 1.807) is 6.07 Å². The lowest BCUT2D eigenvalue weighted by Gasteiger charge is -2.59. The number of amides is 1. The van der Waals surface area contributed by atoms with Gasteiger partial charge < -0.3 is 15.7 Å². The van der Waals surface area contributed by atoms with E-state index < -0.39 is 5.67 Å². The molecule has 0 heterocycles. The fourth-order valence-electron chi connectivity index (χ4n) is 6.55. The minimum absolute atomic E-state index is 0. The second kappa shape index (κ2) is 10.4. The number of aliphatic hydroxyl groups excluding tert-OH is 1. The molecule has 4 bridgehead atoms. The summed E-state index contributed by atoms with van der Waals surface area (Å²) in [5, 5.41) is 15.7. The van der Waals surface area contributed by atoms with Crippen LogP contribution in [0.15, 0.2) is 18.2 Å².